The molecular formula is C19H27N3O3. The van der Waals surface area contributed by atoms with Gasteiger partial charge in [0.2, 0.25) is 0 Å². The molecule has 6 heteroatoms. The standard InChI is InChI=1S/C19H27N3O3/c1-13-9-16(15(3)24-13)12-22-19(20-4)21-11-14(2)25-18-8-6-7-17(10-18)23-5/h6-10,14H,11-12H2,1-5H3,(H2,20,21,22). The molecule has 2 aromatic rings. The van der Waals surface area contributed by atoms with E-state index < -0.39 is 0 Å². The van der Waals surface area contributed by atoms with Crippen LogP contribution in [0.25, 0.3) is 0 Å². The normalized spacial score (nSPS) is 12.6. The first-order chi connectivity index (χ1) is 12.0. The minimum atomic E-state index is -0.0245. The topological polar surface area (TPSA) is 68.0 Å². The van der Waals surface area contributed by atoms with Gasteiger partial charge >= 0.3 is 0 Å². The van der Waals surface area contributed by atoms with Crippen LogP contribution in [0.4, 0.5) is 0 Å². The molecule has 0 aliphatic carbocycles. The van der Waals surface area contributed by atoms with E-state index in [-0.39, 0.29) is 6.10 Å². The summed E-state index contributed by atoms with van der Waals surface area (Å²) in [6, 6.07) is 9.61. The average molecular weight is 345 g/mol. The van der Waals surface area contributed by atoms with Crippen LogP contribution in [0.5, 0.6) is 11.5 Å². The van der Waals surface area contributed by atoms with Gasteiger partial charge in [-0.2, -0.15) is 0 Å². The fraction of sp³-hybridized carbons (Fsp3) is 0.421. The number of rotatable bonds is 7. The summed E-state index contributed by atoms with van der Waals surface area (Å²) < 4.78 is 16.6. The monoisotopic (exact) mass is 345 g/mol. The molecule has 1 aromatic carbocycles. The van der Waals surface area contributed by atoms with E-state index in [1.165, 1.54) is 0 Å². The number of hydrogen-bond donors (Lipinski definition) is 2. The Morgan fingerprint density at radius 1 is 1.20 bits per heavy atom. The lowest BCUT2D eigenvalue weighted by Gasteiger charge is -2.18. The SMILES string of the molecule is CN=C(NCc1cc(C)oc1C)NCC(C)Oc1cccc(OC)c1. The Labute approximate surface area is 149 Å². The number of guanidine groups is 1. The third kappa shape index (κ3) is 5.74. The van der Waals surface area contributed by atoms with Crippen molar-refractivity contribution >= 4 is 5.96 Å². The number of nitrogens with zero attached hydrogens (tertiary/aromatic N) is 1. The molecule has 0 spiro atoms. The number of ether oxygens (including phenoxy) is 2. The third-order valence-corrected chi connectivity index (χ3v) is 3.75. The van der Waals surface area contributed by atoms with Crippen LogP contribution in [-0.4, -0.2) is 32.8 Å². The molecule has 0 radical (unpaired) electrons. The van der Waals surface area contributed by atoms with Gasteiger partial charge in [-0.15, -0.1) is 0 Å². The van der Waals surface area contributed by atoms with E-state index in [9.17, 15) is 0 Å². The van der Waals surface area contributed by atoms with E-state index in [0.717, 1.165) is 34.5 Å². The largest absolute Gasteiger partial charge is 0.497 e. The van der Waals surface area contributed by atoms with Gasteiger partial charge in [-0.3, -0.25) is 4.99 Å². The van der Waals surface area contributed by atoms with Crippen molar-refractivity contribution in [3.63, 3.8) is 0 Å². The molecule has 1 aromatic heterocycles. The van der Waals surface area contributed by atoms with Crippen LogP contribution in [0.1, 0.15) is 24.0 Å². The van der Waals surface area contributed by atoms with Crippen molar-refractivity contribution < 1.29 is 13.9 Å². The molecule has 0 amide bonds. The van der Waals surface area contributed by atoms with Gasteiger partial charge in [0.25, 0.3) is 0 Å². The van der Waals surface area contributed by atoms with Crippen LogP contribution in [0.3, 0.4) is 0 Å². The summed E-state index contributed by atoms with van der Waals surface area (Å²) in [5, 5.41) is 6.55. The molecule has 1 atom stereocenters. The molecule has 1 heterocycles. The Hall–Kier alpha value is -2.63. The molecule has 0 bridgehead atoms. The molecule has 2 N–H and O–H groups in total. The van der Waals surface area contributed by atoms with Gasteiger partial charge in [-0.1, -0.05) is 6.07 Å². The zero-order chi connectivity index (χ0) is 18.2. The van der Waals surface area contributed by atoms with Gasteiger partial charge in [0, 0.05) is 25.2 Å². The van der Waals surface area contributed by atoms with Crippen LogP contribution in [0.15, 0.2) is 39.7 Å². The fourth-order valence-electron chi connectivity index (χ4n) is 2.45. The summed E-state index contributed by atoms with van der Waals surface area (Å²) in [6.45, 7) is 7.20. The van der Waals surface area contributed by atoms with Crippen molar-refractivity contribution in [2.45, 2.75) is 33.4 Å². The fourth-order valence-corrected chi connectivity index (χ4v) is 2.45. The van der Waals surface area contributed by atoms with Crippen LogP contribution in [0.2, 0.25) is 0 Å². The lowest BCUT2D eigenvalue weighted by Crippen LogP contribution is -2.41. The number of nitrogens with one attached hydrogen (secondary N) is 2. The van der Waals surface area contributed by atoms with Crippen molar-refractivity contribution in [2.75, 3.05) is 20.7 Å². The van der Waals surface area contributed by atoms with Crippen LogP contribution < -0.4 is 20.1 Å². The molecule has 0 aliphatic rings. The number of benzene rings is 1. The lowest BCUT2D eigenvalue weighted by molar-refractivity contribution is 0.223. The smallest absolute Gasteiger partial charge is 0.191 e. The highest BCUT2D eigenvalue weighted by Crippen LogP contribution is 2.19. The second-order valence-corrected chi connectivity index (χ2v) is 5.85. The summed E-state index contributed by atoms with van der Waals surface area (Å²) in [6.07, 6.45) is -0.0245. The Morgan fingerprint density at radius 2 is 1.96 bits per heavy atom. The minimum absolute atomic E-state index is 0.0245. The highest BCUT2D eigenvalue weighted by Gasteiger charge is 2.08. The van der Waals surface area contributed by atoms with Gasteiger partial charge in [-0.05, 0) is 39.0 Å². The molecule has 6 nitrogen and oxygen atoms in total. The maximum Gasteiger partial charge on any atom is 0.191 e. The maximum atomic E-state index is 5.90. The van der Waals surface area contributed by atoms with Crippen molar-refractivity contribution in [3.05, 3.63) is 47.4 Å². The first-order valence-corrected chi connectivity index (χ1v) is 8.33. The van der Waals surface area contributed by atoms with Gasteiger partial charge in [-0.25, -0.2) is 0 Å². The summed E-state index contributed by atoms with van der Waals surface area (Å²) in [5.41, 5.74) is 1.13. The predicted molar refractivity (Wildman–Crippen MR) is 99.5 cm³/mol. The van der Waals surface area contributed by atoms with Crippen molar-refractivity contribution in [2.24, 2.45) is 4.99 Å². The molecule has 25 heavy (non-hydrogen) atoms. The molecule has 0 aliphatic heterocycles. The Balaban J connectivity index is 1.80. The summed E-state index contributed by atoms with van der Waals surface area (Å²) in [5.74, 6) is 4.12. The molecule has 2 rings (SSSR count). The first kappa shape index (κ1) is 18.7. The zero-order valence-corrected chi connectivity index (χ0v) is 15.6. The van der Waals surface area contributed by atoms with Crippen molar-refractivity contribution in [1.29, 1.82) is 0 Å². The third-order valence-electron chi connectivity index (χ3n) is 3.75. The van der Waals surface area contributed by atoms with Gasteiger partial charge in [0.05, 0.1) is 13.7 Å². The van der Waals surface area contributed by atoms with E-state index in [0.29, 0.717) is 13.1 Å². The second-order valence-electron chi connectivity index (χ2n) is 5.85. The summed E-state index contributed by atoms with van der Waals surface area (Å²) >= 11 is 0. The first-order valence-electron chi connectivity index (χ1n) is 8.33. The number of furan rings is 1. The quantitative estimate of drug-likeness (QED) is 0.596. The number of hydrogen-bond acceptors (Lipinski definition) is 4. The number of aliphatic imine (C=N–C) groups is 1. The van der Waals surface area contributed by atoms with Crippen LogP contribution >= 0.6 is 0 Å². The molecular weight excluding hydrogens is 318 g/mol. The van der Waals surface area contributed by atoms with E-state index >= 15 is 0 Å². The van der Waals surface area contributed by atoms with Gasteiger partial charge < -0.3 is 24.5 Å². The maximum absolute atomic E-state index is 5.90. The van der Waals surface area contributed by atoms with Gasteiger partial charge in [0.1, 0.15) is 29.1 Å². The summed E-state index contributed by atoms with van der Waals surface area (Å²) in [7, 11) is 3.39. The van der Waals surface area contributed by atoms with E-state index in [2.05, 4.69) is 15.6 Å². The second kappa shape index (κ2) is 9.01. The highest BCUT2D eigenvalue weighted by molar-refractivity contribution is 5.79. The highest BCUT2D eigenvalue weighted by atomic mass is 16.5. The number of aryl methyl sites for hydroxylation is 2. The molecule has 0 saturated heterocycles. The minimum Gasteiger partial charge on any atom is -0.497 e. The summed E-state index contributed by atoms with van der Waals surface area (Å²) in [4.78, 5) is 4.23. The molecule has 0 saturated carbocycles. The Kier molecular flexibility index (Phi) is 6.74. The zero-order valence-electron chi connectivity index (χ0n) is 15.6. The van der Waals surface area contributed by atoms with Crippen molar-refractivity contribution in [3.8, 4) is 11.5 Å². The van der Waals surface area contributed by atoms with E-state index in [1.54, 1.807) is 14.2 Å². The predicted octanol–water partition coefficient (Wildman–Crippen LogP) is 3.04. The van der Waals surface area contributed by atoms with Crippen LogP contribution in [-0.2, 0) is 6.54 Å². The molecule has 1 unspecified atom stereocenters. The molecule has 0 fully saturated rings. The van der Waals surface area contributed by atoms with Gasteiger partial charge in [0.15, 0.2) is 5.96 Å². The van der Waals surface area contributed by atoms with E-state index in [1.807, 2.05) is 51.1 Å². The van der Waals surface area contributed by atoms with E-state index in [4.69, 9.17) is 13.9 Å². The lowest BCUT2D eigenvalue weighted by atomic mass is 10.2. The van der Waals surface area contributed by atoms with Crippen LogP contribution in [0, 0.1) is 13.8 Å². The number of methoxy groups -OCH3 is 1. The average Bonchev–Trinajstić information content (AvgIpc) is 2.92. The molecule has 136 valence electrons. The van der Waals surface area contributed by atoms with Crippen molar-refractivity contribution in [1.82, 2.24) is 10.6 Å². The Morgan fingerprint density at radius 3 is 2.60 bits per heavy atom. The Bertz CT molecular complexity index is 710.